The summed E-state index contributed by atoms with van der Waals surface area (Å²) in [6.07, 6.45) is 1.81. The van der Waals surface area contributed by atoms with E-state index in [1.807, 2.05) is 12.2 Å². The summed E-state index contributed by atoms with van der Waals surface area (Å²) < 4.78 is 40.1. The average molecular weight is 310 g/mol. The normalized spacial score (nSPS) is 12.0. The summed E-state index contributed by atoms with van der Waals surface area (Å²) in [6, 6.07) is 3.07. The van der Waals surface area contributed by atoms with Gasteiger partial charge >= 0.3 is 6.18 Å². The maximum Gasteiger partial charge on any atom is 0.422 e. The van der Waals surface area contributed by atoms with E-state index < -0.39 is 12.8 Å². The van der Waals surface area contributed by atoms with Crippen LogP contribution in [0.4, 0.5) is 13.2 Å². The van der Waals surface area contributed by atoms with Gasteiger partial charge in [0.05, 0.1) is 0 Å². The molecule has 0 saturated carbocycles. The van der Waals surface area contributed by atoms with Crippen LogP contribution in [0.1, 0.15) is 12.0 Å². The van der Waals surface area contributed by atoms with Gasteiger partial charge < -0.3 is 4.74 Å². The molecule has 0 spiro atoms. The largest absolute Gasteiger partial charge is 0.468 e. The molecule has 1 heterocycles. The molecule has 6 heteroatoms. The van der Waals surface area contributed by atoms with E-state index in [1.54, 1.807) is 6.07 Å². The van der Waals surface area contributed by atoms with Crippen molar-refractivity contribution >= 4 is 22.0 Å². The number of hydrogen-bond donors (Lipinski definition) is 0. The van der Waals surface area contributed by atoms with E-state index in [-0.39, 0.29) is 5.88 Å². The molecule has 0 bridgehead atoms. The molecule has 0 fully saturated rings. The number of aromatic nitrogens is 1. The van der Waals surface area contributed by atoms with Crippen molar-refractivity contribution in [3.63, 3.8) is 0 Å². The molecule has 0 atom stereocenters. The third-order valence-electron chi connectivity index (χ3n) is 1.73. The molecular formula is C11H11BrF3NO. The zero-order chi connectivity index (χ0) is 12.7. The highest BCUT2D eigenvalue weighted by atomic mass is 79.9. The van der Waals surface area contributed by atoms with Crippen molar-refractivity contribution < 1.29 is 17.9 Å². The van der Waals surface area contributed by atoms with Crippen molar-refractivity contribution in [3.8, 4) is 5.88 Å². The number of rotatable bonds is 5. The Hall–Kier alpha value is -1.04. The lowest BCUT2D eigenvalue weighted by molar-refractivity contribution is -0.154. The van der Waals surface area contributed by atoms with Crippen LogP contribution in [0.5, 0.6) is 5.88 Å². The monoisotopic (exact) mass is 309 g/mol. The SMILES string of the molecule is FC(F)(F)COc1ccc(C=CCCBr)cn1. The van der Waals surface area contributed by atoms with Gasteiger partial charge in [0.25, 0.3) is 0 Å². The van der Waals surface area contributed by atoms with Crippen LogP contribution < -0.4 is 4.74 Å². The minimum atomic E-state index is -4.34. The number of hydrogen-bond acceptors (Lipinski definition) is 2. The highest BCUT2D eigenvalue weighted by Crippen LogP contribution is 2.17. The second kappa shape index (κ2) is 6.64. The zero-order valence-electron chi connectivity index (χ0n) is 8.88. The third-order valence-corrected chi connectivity index (χ3v) is 2.19. The van der Waals surface area contributed by atoms with Crippen molar-refractivity contribution in [2.45, 2.75) is 12.6 Å². The number of ether oxygens (including phenoxy) is 1. The predicted molar refractivity (Wildman–Crippen MR) is 63.2 cm³/mol. The molecule has 1 aromatic rings. The first-order valence-corrected chi connectivity index (χ1v) is 6.01. The average Bonchev–Trinajstić information content (AvgIpc) is 2.27. The van der Waals surface area contributed by atoms with Crippen LogP contribution in [-0.4, -0.2) is 23.1 Å². The van der Waals surface area contributed by atoms with Gasteiger partial charge in [0.15, 0.2) is 6.61 Å². The molecule has 1 rings (SSSR count). The van der Waals surface area contributed by atoms with Crippen LogP contribution in [0, 0.1) is 0 Å². The molecule has 0 saturated heterocycles. The predicted octanol–water partition coefficient (Wildman–Crippen LogP) is 3.82. The third kappa shape index (κ3) is 6.31. The van der Waals surface area contributed by atoms with Gasteiger partial charge in [0, 0.05) is 17.6 Å². The standard InChI is InChI=1S/C11H11BrF3NO/c12-6-2-1-3-9-4-5-10(16-7-9)17-8-11(13,14)15/h1,3-5,7H,2,6,8H2. The van der Waals surface area contributed by atoms with E-state index in [1.165, 1.54) is 12.3 Å². The fourth-order valence-electron chi connectivity index (χ4n) is 1.01. The lowest BCUT2D eigenvalue weighted by Gasteiger charge is -2.07. The lowest BCUT2D eigenvalue weighted by Crippen LogP contribution is -2.19. The van der Waals surface area contributed by atoms with Gasteiger partial charge in [-0.15, -0.1) is 0 Å². The van der Waals surface area contributed by atoms with Gasteiger partial charge in [-0.1, -0.05) is 28.1 Å². The Morgan fingerprint density at radius 3 is 2.65 bits per heavy atom. The Bertz CT molecular complexity index is 362. The van der Waals surface area contributed by atoms with Crippen molar-refractivity contribution in [1.82, 2.24) is 4.98 Å². The van der Waals surface area contributed by atoms with E-state index in [4.69, 9.17) is 0 Å². The molecule has 0 aliphatic heterocycles. The molecule has 0 aliphatic carbocycles. The number of alkyl halides is 4. The Labute approximate surface area is 106 Å². The maximum absolute atomic E-state index is 11.9. The molecule has 17 heavy (non-hydrogen) atoms. The van der Waals surface area contributed by atoms with Gasteiger partial charge in [0.2, 0.25) is 5.88 Å². The second-order valence-corrected chi connectivity index (χ2v) is 4.01. The molecule has 0 aromatic carbocycles. The first-order chi connectivity index (χ1) is 8.01. The number of allylic oxidation sites excluding steroid dienone is 1. The summed E-state index contributed by atoms with van der Waals surface area (Å²) in [6.45, 7) is -1.32. The highest BCUT2D eigenvalue weighted by Gasteiger charge is 2.28. The van der Waals surface area contributed by atoms with Gasteiger partial charge in [-0.25, -0.2) is 4.98 Å². The molecular weight excluding hydrogens is 299 g/mol. The maximum atomic E-state index is 11.9. The molecule has 0 N–H and O–H groups in total. The fraction of sp³-hybridized carbons (Fsp3) is 0.364. The number of pyridine rings is 1. The van der Waals surface area contributed by atoms with Crippen molar-refractivity contribution in [2.75, 3.05) is 11.9 Å². The van der Waals surface area contributed by atoms with Gasteiger partial charge in [0.1, 0.15) is 0 Å². The Balaban J connectivity index is 2.50. The molecule has 94 valence electrons. The molecule has 0 aliphatic rings. The topological polar surface area (TPSA) is 22.1 Å². The summed E-state index contributed by atoms with van der Waals surface area (Å²) in [4.78, 5) is 3.78. The van der Waals surface area contributed by atoms with Crippen LogP contribution >= 0.6 is 15.9 Å². The van der Waals surface area contributed by atoms with E-state index in [2.05, 4.69) is 25.7 Å². The molecule has 1 aromatic heterocycles. The van der Waals surface area contributed by atoms with E-state index >= 15 is 0 Å². The summed E-state index contributed by atoms with van der Waals surface area (Å²) in [5.41, 5.74) is 0.824. The minimum Gasteiger partial charge on any atom is -0.468 e. The number of nitrogens with zero attached hydrogens (tertiary/aromatic N) is 1. The second-order valence-electron chi connectivity index (χ2n) is 3.21. The quantitative estimate of drug-likeness (QED) is 0.771. The van der Waals surface area contributed by atoms with Crippen LogP contribution in [-0.2, 0) is 0 Å². The van der Waals surface area contributed by atoms with E-state index in [9.17, 15) is 13.2 Å². The van der Waals surface area contributed by atoms with Gasteiger partial charge in [-0.2, -0.15) is 13.2 Å². The number of halogens is 4. The van der Waals surface area contributed by atoms with Gasteiger partial charge in [-0.05, 0) is 18.1 Å². The highest BCUT2D eigenvalue weighted by molar-refractivity contribution is 9.09. The van der Waals surface area contributed by atoms with Crippen LogP contribution in [0.15, 0.2) is 24.4 Å². The van der Waals surface area contributed by atoms with Crippen molar-refractivity contribution in [2.24, 2.45) is 0 Å². The van der Waals surface area contributed by atoms with Crippen LogP contribution in [0.2, 0.25) is 0 Å². The van der Waals surface area contributed by atoms with E-state index in [0.717, 1.165) is 17.3 Å². The first kappa shape index (κ1) is 14.0. The van der Waals surface area contributed by atoms with Crippen molar-refractivity contribution in [1.29, 1.82) is 0 Å². The van der Waals surface area contributed by atoms with Gasteiger partial charge in [-0.3, -0.25) is 0 Å². The molecule has 0 amide bonds. The Morgan fingerprint density at radius 1 is 1.35 bits per heavy atom. The fourth-order valence-corrected chi connectivity index (χ4v) is 1.28. The first-order valence-electron chi connectivity index (χ1n) is 4.89. The molecule has 0 radical (unpaired) electrons. The summed E-state index contributed by atoms with van der Waals surface area (Å²) in [5.74, 6) is -0.0278. The summed E-state index contributed by atoms with van der Waals surface area (Å²) >= 11 is 3.28. The van der Waals surface area contributed by atoms with E-state index in [0.29, 0.717) is 0 Å². The molecule has 2 nitrogen and oxygen atoms in total. The minimum absolute atomic E-state index is 0.0278. The smallest absolute Gasteiger partial charge is 0.422 e. The molecule has 0 unspecified atom stereocenters. The van der Waals surface area contributed by atoms with Crippen LogP contribution in [0.25, 0.3) is 6.08 Å². The summed E-state index contributed by atoms with van der Waals surface area (Å²) in [5, 5.41) is 0.865. The Kier molecular flexibility index (Phi) is 5.47. The van der Waals surface area contributed by atoms with Crippen molar-refractivity contribution in [3.05, 3.63) is 30.0 Å². The lowest BCUT2D eigenvalue weighted by atomic mass is 10.2. The zero-order valence-corrected chi connectivity index (χ0v) is 10.5. The van der Waals surface area contributed by atoms with Crippen LogP contribution in [0.3, 0.4) is 0 Å². The Morgan fingerprint density at radius 2 is 2.12 bits per heavy atom. The summed E-state index contributed by atoms with van der Waals surface area (Å²) in [7, 11) is 0.